The number of thioether (sulfide) groups is 1. The van der Waals surface area contributed by atoms with Gasteiger partial charge in [-0.15, -0.1) is 10.2 Å². The second-order valence-electron chi connectivity index (χ2n) is 7.19. The van der Waals surface area contributed by atoms with Crippen LogP contribution in [0.3, 0.4) is 0 Å². The van der Waals surface area contributed by atoms with Gasteiger partial charge in [-0.1, -0.05) is 35.5 Å². The summed E-state index contributed by atoms with van der Waals surface area (Å²) in [5.41, 5.74) is 1.59. The van der Waals surface area contributed by atoms with Crippen LogP contribution in [0.2, 0.25) is 5.02 Å². The lowest BCUT2D eigenvalue weighted by Gasteiger charge is -2.16. The van der Waals surface area contributed by atoms with Crippen LogP contribution in [0.4, 0.5) is 5.69 Å². The van der Waals surface area contributed by atoms with Crippen molar-refractivity contribution in [2.75, 3.05) is 25.3 Å². The second kappa shape index (κ2) is 11.3. The number of nitrogens with zero attached hydrogens (tertiary/aromatic N) is 3. The molecule has 0 bridgehead atoms. The fourth-order valence-corrected chi connectivity index (χ4v) is 4.26. The molecule has 2 aromatic carbocycles. The lowest BCUT2D eigenvalue weighted by atomic mass is 10.2. The van der Waals surface area contributed by atoms with Crippen molar-refractivity contribution in [3.05, 3.63) is 52.8 Å². The minimum Gasteiger partial charge on any atom is -0.495 e. The van der Waals surface area contributed by atoms with Gasteiger partial charge in [0, 0.05) is 18.7 Å². The first-order chi connectivity index (χ1) is 15.9. The molecule has 0 aliphatic rings. The van der Waals surface area contributed by atoms with E-state index >= 15 is 0 Å². The highest BCUT2D eigenvalue weighted by molar-refractivity contribution is 7.99. The van der Waals surface area contributed by atoms with Gasteiger partial charge in [-0.2, -0.15) is 0 Å². The van der Waals surface area contributed by atoms with Crippen LogP contribution in [0.5, 0.6) is 17.2 Å². The highest BCUT2D eigenvalue weighted by Crippen LogP contribution is 2.36. The first-order valence-electron chi connectivity index (χ1n) is 10.4. The monoisotopic (exact) mass is 490 g/mol. The van der Waals surface area contributed by atoms with E-state index in [0.717, 1.165) is 11.3 Å². The van der Waals surface area contributed by atoms with Crippen molar-refractivity contribution in [1.29, 1.82) is 0 Å². The number of aryl methyl sites for hydroxylation is 1. The van der Waals surface area contributed by atoms with E-state index in [0.29, 0.717) is 39.7 Å². The lowest BCUT2D eigenvalue weighted by molar-refractivity contribution is -0.113. The number of anilines is 1. The SMILES string of the molecule is CCn1c(SCC(=O)Nc2cc(OC)c(Cl)cc2OC)nnc1C(C)Oc1cccc(C)c1. The highest BCUT2D eigenvalue weighted by Gasteiger charge is 2.20. The van der Waals surface area contributed by atoms with Gasteiger partial charge < -0.3 is 24.1 Å². The van der Waals surface area contributed by atoms with Crippen LogP contribution in [0.25, 0.3) is 0 Å². The number of nitrogens with one attached hydrogen (secondary N) is 1. The zero-order valence-electron chi connectivity index (χ0n) is 19.2. The van der Waals surface area contributed by atoms with Crippen molar-refractivity contribution in [1.82, 2.24) is 14.8 Å². The fraction of sp³-hybridized carbons (Fsp3) is 0.348. The summed E-state index contributed by atoms with van der Waals surface area (Å²) in [6.45, 7) is 6.60. The van der Waals surface area contributed by atoms with Gasteiger partial charge in [-0.05, 0) is 38.5 Å². The van der Waals surface area contributed by atoms with E-state index in [-0.39, 0.29) is 17.8 Å². The Labute approximate surface area is 202 Å². The maximum absolute atomic E-state index is 12.6. The zero-order chi connectivity index (χ0) is 24.0. The van der Waals surface area contributed by atoms with Crippen LogP contribution in [0.15, 0.2) is 41.6 Å². The van der Waals surface area contributed by atoms with Gasteiger partial charge in [-0.3, -0.25) is 4.79 Å². The standard InChI is InChI=1S/C23H27ClN4O4S/c1-6-28-22(15(3)32-16-9-7-8-14(2)10-16)26-27-23(28)33-13-21(29)25-18-12-19(30-4)17(24)11-20(18)31-5/h7-12,15H,6,13H2,1-5H3,(H,25,29). The summed E-state index contributed by atoms with van der Waals surface area (Å²) in [7, 11) is 3.02. The summed E-state index contributed by atoms with van der Waals surface area (Å²) >= 11 is 7.42. The Morgan fingerprint density at radius 1 is 1.18 bits per heavy atom. The number of amides is 1. The molecule has 176 valence electrons. The molecular formula is C23H27ClN4O4S. The molecule has 8 nitrogen and oxygen atoms in total. The molecule has 1 unspecified atom stereocenters. The summed E-state index contributed by atoms with van der Waals surface area (Å²) in [4.78, 5) is 12.6. The fourth-order valence-electron chi connectivity index (χ4n) is 3.22. The number of aromatic nitrogens is 3. The van der Waals surface area contributed by atoms with Crippen molar-refractivity contribution in [3.63, 3.8) is 0 Å². The van der Waals surface area contributed by atoms with Crippen LogP contribution in [-0.4, -0.2) is 40.6 Å². The molecule has 1 N–H and O–H groups in total. The molecule has 0 saturated heterocycles. The third-order valence-corrected chi connectivity index (χ3v) is 6.07. The van der Waals surface area contributed by atoms with Crippen molar-refractivity contribution in [2.24, 2.45) is 0 Å². The number of hydrogen-bond donors (Lipinski definition) is 1. The van der Waals surface area contributed by atoms with Crippen LogP contribution >= 0.6 is 23.4 Å². The Morgan fingerprint density at radius 2 is 1.94 bits per heavy atom. The third kappa shape index (κ3) is 6.11. The number of carbonyl (C=O) groups is 1. The molecule has 0 fully saturated rings. The summed E-state index contributed by atoms with van der Waals surface area (Å²) in [6.07, 6.45) is -0.298. The first-order valence-corrected chi connectivity index (χ1v) is 11.7. The Hall–Kier alpha value is -2.91. The predicted octanol–water partition coefficient (Wildman–Crippen LogP) is 5.15. The molecule has 0 radical (unpaired) electrons. The minimum absolute atomic E-state index is 0.138. The number of benzene rings is 2. The molecule has 0 spiro atoms. The number of rotatable bonds is 10. The molecule has 0 aliphatic carbocycles. The number of carbonyl (C=O) groups excluding carboxylic acids is 1. The summed E-state index contributed by atoms with van der Waals surface area (Å²) in [6, 6.07) is 11.1. The van der Waals surface area contributed by atoms with Crippen molar-refractivity contribution in [2.45, 2.75) is 38.6 Å². The molecule has 3 aromatic rings. The van der Waals surface area contributed by atoms with E-state index in [4.69, 9.17) is 25.8 Å². The van der Waals surface area contributed by atoms with Crippen LogP contribution in [0.1, 0.15) is 31.3 Å². The first kappa shape index (κ1) is 24.7. The summed E-state index contributed by atoms with van der Waals surface area (Å²) in [5.74, 6) is 2.28. The molecular weight excluding hydrogens is 464 g/mol. The quantitative estimate of drug-likeness (QED) is 0.393. The molecule has 1 atom stereocenters. The van der Waals surface area contributed by atoms with E-state index in [9.17, 15) is 4.79 Å². The molecule has 10 heteroatoms. The van der Waals surface area contributed by atoms with Gasteiger partial charge in [0.05, 0.1) is 30.7 Å². The average molecular weight is 491 g/mol. The molecule has 33 heavy (non-hydrogen) atoms. The van der Waals surface area contributed by atoms with E-state index in [1.807, 2.05) is 49.6 Å². The number of halogens is 1. The number of methoxy groups -OCH3 is 2. The molecule has 0 saturated carbocycles. The summed E-state index contributed by atoms with van der Waals surface area (Å²) < 4.78 is 18.5. The van der Waals surface area contributed by atoms with Crippen LogP contribution in [0, 0.1) is 6.92 Å². The average Bonchev–Trinajstić information content (AvgIpc) is 3.21. The number of hydrogen-bond acceptors (Lipinski definition) is 7. The van der Waals surface area contributed by atoms with Crippen molar-refractivity contribution in [3.8, 4) is 17.2 Å². The van der Waals surface area contributed by atoms with Crippen LogP contribution in [-0.2, 0) is 11.3 Å². The molecule has 0 aliphatic heterocycles. The maximum Gasteiger partial charge on any atom is 0.234 e. The minimum atomic E-state index is -0.298. The predicted molar refractivity (Wildman–Crippen MR) is 130 cm³/mol. The second-order valence-corrected chi connectivity index (χ2v) is 8.54. The van der Waals surface area contributed by atoms with E-state index < -0.39 is 0 Å². The summed E-state index contributed by atoms with van der Waals surface area (Å²) in [5, 5.41) is 12.5. The third-order valence-electron chi connectivity index (χ3n) is 4.81. The molecule has 1 heterocycles. The van der Waals surface area contributed by atoms with Gasteiger partial charge in [0.15, 0.2) is 17.1 Å². The Morgan fingerprint density at radius 3 is 2.61 bits per heavy atom. The van der Waals surface area contributed by atoms with E-state index in [1.165, 1.54) is 26.0 Å². The molecule has 1 amide bonds. The molecule has 3 rings (SSSR count). The smallest absolute Gasteiger partial charge is 0.234 e. The van der Waals surface area contributed by atoms with Gasteiger partial charge in [0.25, 0.3) is 0 Å². The lowest BCUT2D eigenvalue weighted by Crippen LogP contribution is -2.16. The zero-order valence-corrected chi connectivity index (χ0v) is 20.8. The Balaban J connectivity index is 1.67. The number of ether oxygens (including phenoxy) is 3. The van der Waals surface area contributed by atoms with Gasteiger partial charge in [0.1, 0.15) is 17.2 Å². The van der Waals surface area contributed by atoms with E-state index in [2.05, 4.69) is 15.5 Å². The topological polar surface area (TPSA) is 87.5 Å². The Bertz CT molecular complexity index is 1120. The van der Waals surface area contributed by atoms with Crippen molar-refractivity contribution >= 4 is 35.0 Å². The van der Waals surface area contributed by atoms with E-state index in [1.54, 1.807) is 12.1 Å². The van der Waals surface area contributed by atoms with Crippen molar-refractivity contribution < 1.29 is 19.0 Å². The van der Waals surface area contributed by atoms with Gasteiger partial charge in [0.2, 0.25) is 5.91 Å². The molecule has 1 aromatic heterocycles. The largest absolute Gasteiger partial charge is 0.495 e. The van der Waals surface area contributed by atoms with Gasteiger partial charge >= 0.3 is 0 Å². The normalized spacial score (nSPS) is 11.7. The van der Waals surface area contributed by atoms with Gasteiger partial charge in [-0.25, -0.2) is 0 Å². The Kier molecular flexibility index (Phi) is 8.46. The van der Waals surface area contributed by atoms with Crippen LogP contribution < -0.4 is 19.5 Å². The highest BCUT2D eigenvalue weighted by atomic mass is 35.5. The maximum atomic E-state index is 12.6.